The van der Waals surface area contributed by atoms with E-state index in [1.165, 1.54) is 0 Å². The number of ether oxygens (including phenoxy) is 1. The lowest BCUT2D eigenvalue weighted by Gasteiger charge is -2.08. The molecule has 0 aromatic carbocycles. The number of carbonyl (C=O) groups is 1. The summed E-state index contributed by atoms with van der Waals surface area (Å²) < 4.78 is 4.86. The van der Waals surface area contributed by atoms with Gasteiger partial charge in [0, 0.05) is 11.6 Å². The van der Waals surface area contributed by atoms with E-state index in [4.69, 9.17) is 10.5 Å². The van der Waals surface area contributed by atoms with Crippen molar-refractivity contribution in [2.45, 2.75) is 32.7 Å². The molecule has 0 bridgehead atoms. The van der Waals surface area contributed by atoms with Crippen LogP contribution in [0.4, 0.5) is 0 Å². The number of rotatable bonds is 5. The van der Waals surface area contributed by atoms with Crippen LogP contribution in [-0.4, -0.2) is 18.6 Å². The topological polar surface area (TPSA) is 52.3 Å². The van der Waals surface area contributed by atoms with Gasteiger partial charge in [0.1, 0.15) is 0 Å². The fourth-order valence-electron chi connectivity index (χ4n) is 0.630. The lowest BCUT2D eigenvalue weighted by molar-refractivity contribution is -0.139. The van der Waals surface area contributed by atoms with Gasteiger partial charge in [-0.3, -0.25) is 0 Å². The molecule has 0 aromatic heterocycles. The zero-order valence-corrected chi connectivity index (χ0v) is 9.02. The second kappa shape index (κ2) is 8.08. The van der Waals surface area contributed by atoms with Gasteiger partial charge in [0.15, 0.2) is 0 Å². The third kappa shape index (κ3) is 7.81. The monoisotopic (exact) mass is 207 g/mol. The quantitative estimate of drug-likeness (QED) is 0.551. The van der Waals surface area contributed by atoms with E-state index in [1.807, 2.05) is 6.92 Å². The van der Waals surface area contributed by atoms with Gasteiger partial charge in [-0.1, -0.05) is 13.5 Å². The fourth-order valence-corrected chi connectivity index (χ4v) is 0.630. The molecule has 78 valence electrons. The molecule has 0 amide bonds. The summed E-state index contributed by atoms with van der Waals surface area (Å²) in [6.45, 7) is 7.49. The van der Waals surface area contributed by atoms with Crippen molar-refractivity contribution in [3.05, 3.63) is 12.2 Å². The summed E-state index contributed by atoms with van der Waals surface area (Å²) in [7, 11) is 0. The van der Waals surface area contributed by atoms with E-state index in [9.17, 15) is 4.79 Å². The summed E-state index contributed by atoms with van der Waals surface area (Å²) in [5, 5.41) is 0. The zero-order chi connectivity index (χ0) is 9.56. The smallest absolute Gasteiger partial charge is 0.333 e. The second-order valence-electron chi connectivity index (χ2n) is 2.87. The molecule has 0 radical (unpaired) electrons. The summed E-state index contributed by atoms with van der Waals surface area (Å²) in [6.07, 6.45) is 1.63. The first-order valence-electron chi connectivity index (χ1n) is 4.16. The van der Waals surface area contributed by atoms with Gasteiger partial charge in [-0.15, -0.1) is 12.4 Å². The Hall–Kier alpha value is -0.540. The van der Waals surface area contributed by atoms with E-state index in [-0.39, 0.29) is 24.4 Å². The molecule has 0 saturated carbocycles. The normalized spacial score (nSPS) is 11.3. The Morgan fingerprint density at radius 3 is 2.54 bits per heavy atom. The van der Waals surface area contributed by atoms with Gasteiger partial charge in [-0.2, -0.15) is 0 Å². The predicted molar refractivity (Wildman–Crippen MR) is 55.9 cm³/mol. The number of nitrogens with two attached hydrogens (primary N) is 1. The Morgan fingerprint density at radius 2 is 2.15 bits per heavy atom. The Balaban J connectivity index is 0. The van der Waals surface area contributed by atoms with Crippen molar-refractivity contribution < 1.29 is 9.53 Å². The first-order valence-corrected chi connectivity index (χ1v) is 4.16. The highest BCUT2D eigenvalue weighted by Crippen LogP contribution is 1.97. The van der Waals surface area contributed by atoms with Crippen LogP contribution in [0.2, 0.25) is 0 Å². The van der Waals surface area contributed by atoms with Crippen LogP contribution in [0.15, 0.2) is 12.2 Å². The van der Waals surface area contributed by atoms with Crippen LogP contribution in [-0.2, 0) is 9.53 Å². The first kappa shape index (κ1) is 15.0. The molecule has 0 aliphatic rings. The molecular formula is C9H18ClNO2. The molecule has 0 aliphatic carbocycles. The van der Waals surface area contributed by atoms with Gasteiger partial charge in [-0.05, 0) is 19.8 Å². The minimum absolute atomic E-state index is 0. The molecule has 3 nitrogen and oxygen atoms in total. The Morgan fingerprint density at radius 1 is 1.62 bits per heavy atom. The van der Waals surface area contributed by atoms with Crippen LogP contribution in [0.1, 0.15) is 26.7 Å². The molecule has 1 unspecified atom stereocenters. The molecule has 0 heterocycles. The summed E-state index contributed by atoms with van der Waals surface area (Å²) in [4.78, 5) is 10.9. The average molecular weight is 208 g/mol. The van der Waals surface area contributed by atoms with E-state index in [0.29, 0.717) is 12.2 Å². The van der Waals surface area contributed by atoms with Crippen molar-refractivity contribution in [3.8, 4) is 0 Å². The summed E-state index contributed by atoms with van der Waals surface area (Å²) in [6, 6.07) is 0.128. The molecule has 0 saturated heterocycles. The molecule has 0 fully saturated rings. The maximum absolute atomic E-state index is 10.9. The third-order valence-electron chi connectivity index (χ3n) is 1.59. The second-order valence-corrected chi connectivity index (χ2v) is 2.87. The van der Waals surface area contributed by atoms with Gasteiger partial charge in [0.05, 0.1) is 6.61 Å². The summed E-state index contributed by atoms with van der Waals surface area (Å²) >= 11 is 0. The van der Waals surface area contributed by atoms with Crippen molar-refractivity contribution in [2.24, 2.45) is 5.73 Å². The third-order valence-corrected chi connectivity index (χ3v) is 1.59. The van der Waals surface area contributed by atoms with Crippen molar-refractivity contribution in [2.75, 3.05) is 6.61 Å². The largest absolute Gasteiger partial charge is 0.462 e. The van der Waals surface area contributed by atoms with Crippen molar-refractivity contribution >= 4 is 18.4 Å². The molecule has 1 atom stereocenters. The van der Waals surface area contributed by atoms with Crippen LogP contribution >= 0.6 is 12.4 Å². The van der Waals surface area contributed by atoms with Crippen molar-refractivity contribution in [1.29, 1.82) is 0 Å². The molecule has 4 heteroatoms. The highest BCUT2D eigenvalue weighted by Gasteiger charge is 2.04. The zero-order valence-electron chi connectivity index (χ0n) is 8.21. The van der Waals surface area contributed by atoms with Crippen LogP contribution in [0, 0.1) is 0 Å². The number of hydrogen-bond acceptors (Lipinski definition) is 3. The standard InChI is InChI=1S/C9H17NO2.ClH/c1-4-8(10)5-6-12-9(11)7(2)3;/h8H,2,4-6,10H2,1,3H3;1H. The van der Waals surface area contributed by atoms with Gasteiger partial charge in [-0.25, -0.2) is 4.79 Å². The highest BCUT2D eigenvalue weighted by molar-refractivity contribution is 5.86. The molecule has 2 N–H and O–H groups in total. The van der Waals surface area contributed by atoms with E-state index >= 15 is 0 Å². The highest BCUT2D eigenvalue weighted by atomic mass is 35.5. The molecule has 13 heavy (non-hydrogen) atoms. The number of hydrogen-bond donors (Lipinski definition) is 1. The van der Waals surface area contributed by atoms with E-state index < -0.39 is 0 Å². The maximum Gasteiger partial charge on any atom is 0.333 e. The number of halogens is 1. The van der Waals surface area contributed by atoms with Crippen LogP contribution in [0.3, 0.4) is 0 Å². The molecular weight excluding hydrogens is 190 g/mol. The molecule has 0 aromatic rings. The maximum atomic E-state index is 10.9. The van der Waals surface area contributed by atoms with Gasteiger partial charge in [0.25, 0.3) is 0 Å². The lowest BCUT2D eigenvalue weighted by Crippen LogP contribution is -2.21. The van der Waals surface area contributed by atoms with Crippen molar-refractivity contribution in [1.82, 2.24) is 0 Å². The van der Waals surface area contributed by atoms with Crippen LogP contribution in [0.25, 0.3) is 0 Å². The summed E-state index contributed by atoms with van der Waals surface area (Å²) in [5.41, 5.74) is 6.05. The van der Waals surface area contributed by atoms with E-state index in [1.54, 1.807) is 6.92 Å². The van der Waals surface area contributed by atoms with Gasteiger partial charge >= 0.3 is 5.97 Å². The summed E-state index contributed by atoms with van der Waals surface area (Å²) in [5.74, 6) is -0.335. The fraction of sp³-hybridized carbons (Fsp3) is 0.667. The minimum Gasteiger partial charge on any atom is -0.462 e. The van der Waals surface area contributed by atoms with E-state index in [0.717, 1.165) is 12.8 Å². The Bertz CT molecular complexity index is 171. The van der Waals surface area contributed by atoms with Gasteiger partial charge < -0.3 is 10.5 Å². The molecule has 0 spiro atoms. The number of esters is 1. The minimum atomic E-state index is -0.335. The predicted octanol–water partition coefficient (Wildman–Crippen LogP) is 1.65. The van der Waals surface area contributed by atoms with Crippen molar-refractivity contribution in [3.63, 3.8) is 0 Å². The number of carbonyl (C=O) groups excluding carboxylic acids is 1. The van der Waals surface area contributed by atoms with Crippen LogP contribution < -0.4 is 5.73 Å². The lowest BCUT2D eigenvalue weighted by atomic mass is 10.2. The molecule has 0 aliphatic heterocycles. The Kier molecular flexibility index (Phi) is 9.29. The van der Waals surface area contributed by atoms with E-state index in [2.05, 4.69) is 6.58 Å². The van der Waals surface area contributed by atoms with Gasteiger partial charge in [0.2, 0.25) is 0 Å². The first-order chi connectivity index (χ1) is 5.57. The molecule has 0 rings (SSSR count). The Labute approximate surface area is 85.7 Å². The van der Waals surface area contributed by atoms with Crippen LogP contribution in [0.5, 0.6) is 0 Å². The SMILES string of the molecule is C=C(C)C(=O)OCCC(N)CC.Cl. The average Bonchev–Trinajstić information content (AvgIpc) is 2.03.